The minimum atomic E-state index is -3.53. The molecule has 1 N–H and O–H groups in total. The molecule has 3 rings (SSSR count). The summed E-state index contributed by atoms with van der Waals surface area (Å²) in [7, 11) is -3.53. The Balaban J connectivity index is 1.81. The number of thioether (sulfide) groups is 1. The maximum atomic E-state index is 13.0. The summed E-state index contributed by atoms with van der Waals surface area (Å²) in [5.74, 6) is -0.0681. The summed E-state index contributed by atoms with van der Waals surface area (Å²) in [6.07, 6.45) is 1.51. The molecule has 8 heteroatoms. The third-order valence-corrected chi connectivity index (χ3v) is 7.61. The van der Waals surface area contributed by atoms with Gasteiger partial charge in [0.1, 0.15) is 0 Å². The molecule has 0 unspecified atom stereocenters. The van der Waals surface area contributed by atoms with Gasteiger partial charge in [0.15, 0.2) is 0 Å². The van der Waals surface area contributed by atoms with Crippen LogP contribution in [0.2, 0.25) is 0 Å². The fourth-order valence-corrected chi connectivity index (χ4v) is 5.75. The number of anilines is 1. The normalized spacial score (nSPS) is 23.0. The average molecular weight is 384 g/mol. The van der Waals surface area contributed by atoms with Crippen LogP contribution in [0.4, 0.5) is 5.69 Å². The number of nitrogens with zero attached hydrogens (tertiary/aromatic N) is 2. The molecule has 1 fully saturated rings. The number of hydrogen-bond donors (Lipinski definition) is 1. The molecule has 2 heterocycles. The fraction of sp³-hybridized carbons (Fsp3) is 0.588. The van der Waals surface area contributed by atoms with E-state index in [4.69, 9.17) is 0 Å². The van der Waals surface area contributed by atoms with E-state index in [1.54, 1.807) is 28.2 Å². The van der Waals surface area contributed by atoms with Gasteiger partial charge in [0, 0.05) is 42.7 Å². The fourth-order valence-electron chi connectivity index (χ4n) is 3.25. The number of amides is 1. The highest BCUT2D eigenvalue weighted by Gasteiger charge is 2.29. The summed E-state index contributed by atoms with van der Waals surface area (Å²) in [6, 6.07) is 5.07. The lowest BCUT2D eigenvalue weighted by atomic mass is 10.3. The van der Waals surface area contributed by atoms with Crippen LogP contribution in [0.3, 0.4) is 0 Å². The Hall–Kier alpha value is -1.09. The van der Waals surface area contributed by atoms with E-state index in [-0.39, 0.29) is 16.1 Å². The summed E-state index contributed by atoms with van der Waals surface area (Å²) >= 11 is 1.60. The zero-order valence-electron chi connectivity index (χ0n) is 14.7. The lowest BCUT2D eigenvalue weighted by Crippen LogP contribution is -2.48. The van der Waals surface area contributed by atoms with Crippen LogP contribution in [-0.2, 0) is 14.8 Å². The van der Waals surface area contributed by atoms with E-state index in [0.717, 1.165) is 31.0 Å². The van der Waals surface area contributed by atoms with E-state index < -0.39 is 10.0 Å². The van der Waals surface area contributed by atoms with Crippen molar-refractivity contribution < 1.29 is 13.2 Å². The first-order chi connectivity index (χ1) is 11.9. The minimum Gasteiger partial charge on any atom is -0.325 e. The molecule has 0 radical (unpaired) electrons. The van der Waals surface area contributed by atoms with Gasteiger partial charge in [0.25, 0.3) is 0 Å². The maximum Gasteiger partial charge on any atom is 0.243 e. The van der Waals surface area contributed by atoms with Gasteiger partial charge in [0.2, 0.25) is 15.9 Å². The van der Waals surface area contributed by atoms with Crippen molar-refractivity contribution in [2.45, 2.75) is 41.7 Å². The van der Waals surface area contributed by atoms with E-state index in [2.05, 4.69) is 17.1 Å². The molecule has 0 bridgehead atoms. The molecule has 6 nitrogen and oxygen atoms in total. The highest BCUT2D eigenvalue weighted by molar-refractivity contribution is 8.00. The number of carbonyl (C=O) groups excluding carboxylic acids is 1. The van der Waals surface area contributed by atoms with Crippen LogP contribution in [-0.4, -0.2) is 61.5 Å². The van der Waals surface area contributed by atoms with Gasteiger partial charge in [-0.25, -0.2) is 8.42 Å². The van der Waals surface area contributed by atoms with E-state index in [1.165, 1.54) is 0 Å². The second kappa shape index (κ2) is 7.65. The molecule has 2 aliphatic heterocycles. The first-order valence-corrected chi connectivity index (χ1v) is 11.0. The number of carbonyl (C=O) groups is 1. The highest BCUT2D eigenvalue weighted by Crippen LogP contribution is 2.36. The number of sulfonamides is 1. The Kier molecular flexibility index (Phi) is 5.72. The van der Waals surface area contributed by atoms with Gasteiger partial charge in [-0.1, -0.05) is 13.8 Å². The van der Waals surface area contributed by atoms with Crippen molar-refractivity contribution in [2.75, 3.05) is 38.0 Å². The number of nitrogens with one attached hydrogen (secondary N) is 1. The zero-order chi connectivity index (χ0) is 18.0. The molecule has 0 saturated carbocycles. The number of rotatable bonds is 4. The second-order valence-corrected chi connectivity index (χ2v) is 10.0. The van der Waals surface area contributed by atoms with E-state index in [1.807, 2.05) is 13.0 Å². The molecule has 0 aliphatic carbocycles. The topological polar surface area (TPSA) is 69.7 Å². The van der Waals surface area contributed by atoms with Crippen LogP contribution in [0, 0.1) is 0 Å². The van der Waals surface area contributed by atoms with E-state index in [9.17, 15) is 13.2 Å². The standard InChI is InChI=1S/C17H25N3O3S2/c1-3-6-19-7-9-20(10-8-19)25(22,23)14-4-5-16-15(12-14)18-17(21)11-13(2)24-16/h4-5,12-13H,3,6-11H2,1-2H3,(H,18,21)/t13-/m0/s1. The highest BCUT2D eigenvalue weighted by atomic mass is 32.2. The molecule has 2 aliphatic rings. The van der Waals surface area contributed by atoms with Gasteiger partial charge < -0.3 is 10.2 Å². The Morgan fingerprint density at radius 1 is 1.24 bits per heavy atom. The summed E-state index contributed by atoms with van der Waals surface area (Å²) in [6.45, 7) is 7.69. The van der Waals surface area contributed by atoms with Gasteiger partial charge in [0.05, 0.1) is 10.6 Å². The van der Waals surface area contributed by atoms with Crippen molar-refractivity contribution >= 4 is 33.4 Å². The minimum absolute atomic E-state index is 0.0681. The first kappa shape index (κ1) is 18.7. The van der Waals surface area contributed by atoms with Gasteiger partial charge in [-0.2, -0.15) is 4.31 Å². The second-order valence-electron chi connectivity index (χ2n) is 6.58. The molecule has 1 saturated heterocycles. The van der Waals surface area contributed by atoms with Crippen molar-refractivity contribution in [3.63, 3.8) is 0 Å². The molecule has 25 heavy (non-hydrogen) atoms. The van der Waals surface area contributed by atoms with Gasteiger partial charge >= 0.3 is 0 Å². The Morgan fingerprint density at radius 2 is 1.96 bits per heavy atom. The molecule has 1 aromatic carbocycles. The van der Waals surface area contributed by atoms with Crippen molar-refractivity contribution in [1.82, 2.24) is 9.21 Å². The smallest absolute Gasteiger partial charge is 0.243 e. The monoisotopic (exact) mass is 383 g/mol. The number of benzene rings is 1. The van der Waals surface area contributed by atoms with Gasteiger partial charge in [-0.3, -0.25) is 4.79 Å². The largest absolute Gasteiger partial charge is 0.325 e. The van der Waals surface area contributed by atoms with Crippen LogP contribution >= 0.6 is 11.8 Å². The quantitative estimate of drug-likeness (QED) is 0.863. The number of piperazine rings is 1. The van der Waals surface area contributed by atoms with Crippen LogP contribution < -0.4 is 5.32 Å². The Bertz CT molecular complexity index is 744. The average Bonchev–Trinajstić information content (AvgIpc) is 2.71. The summed E-state index contributed by atoms with van der Waals surface area (Å²) in [5.41, 5.74) is 0.602. The third-order valence-electron chi connectivity index (χ3n) is 4.53. The predicted molar refractivity (Wildman–Crippen MR) is 100 cm³/mol. The van der Waals surface area contributed by atoms with Crippen LogP contribution in [0.15, 0.2) is 28.0 Å². The molecular weight excluding hydrogens is 358 g/mol. The Morgan fingerprint density at radius 3 is 2.64 bits per heavy atom. The molecule has 1 aromatic rings. The molecule has 0 aromatic heterocycles. The van der Waals surface area contributed by atoms with E-state index in [0.29, 0.717) is 25.2 Å². The molecule has 138 valence electrons. The van der Waals surface area contributed by atoms with Gasteiger partial charge in [-0.15, -0.1) is 11.8 Å². The Labute approximate surface area is 154 Å². The molecule has 0 spiro atoms. The number of hydrogen-bond acceptors (Lipinski definition) is 5. The van der Waals surface area contributed by atoms with E-state index >= 15 is 0 Å². The predicted octanol–water partition coefficient (Wildman–Crippen LogP) is 2.23. The summed E-state index contributed by atoms with van der Waals surface area (Å²) in [4.78, 5) is 15.4. The van der Waals surface area contributed by atoms with Crippen molar-refractivity contribution in [3.8, 4) is 0 Å². The van der Waals surface area contributed by atoms with Crippen LogP contribution in [0.25, 0.3) is 0 Å². The lowest BCUT2D eigenvalue weighted by Gasteiger charge is -2.33. The third kappa shape index (κ3) is 4.19. The van der Waals surface area contributed by atoms with Gasteiger partial charge in [-0.05, 0) is 31.2 Å². The van der Waals surface area contributed by atoms with Crippen molar-refractivity contribution in [1.29, 1.82) is 0 Å². The van der Waals surface area contributed by atoms with Crippen molar-refractivity contribution in [2.24, 2.45) is 0 Å². The molecule has 1 atom stereocenters. The maximum absolute atomic E-state index is 13.0. The molecule has 1 amide bonds. The zero-order valence-corrected chi connectivity index (χ0v) is 16.3. The SMILES string of the molecule is CCCN1CCN(S(=O)(=O)c2ccc3c(c2)NC(=O)C[C@H](C)S3)CC1. The van der Waals surface area contributed by atoms with Crippen LogP contribution in [0.1, 0.15) is 26.7 Å². The lowest BCUT2D eigenvalue weighted by molar-refractivity contribution is -0.116. The van der Waals surface area contributed by atoms with Crippen LogP contribution in [0.5, 0.6) is 0 Å². The summed E-state index contributed by atoms with van der Waals surface area (Å²) in [5, 5.41) is 3.02. The van der Waals surface area contributed by atoms with Crippen molar-refractivity contribution in [3.05, 3.63) is 18.2 Å². The molecular formula is C17H25N3O3S2. The first-order valence-electron chi connectivity index (χ1n) is 8.73. The summed E-state index contributed by atoms with van der Waals surface area (Å²) < 4.78 is 27.5. The number of fused-ring (bicyclic) bond motifs is 1.